The highest BCUT2D eigenvalue weighted by Crippen LogP contribution is 2.03. The molecule has 17 heavy (non-hydrogen) atoms. The number of pyridine rings is 1. The molecule has 0 bridgehead atoms. The highest BCUT2D eigenvalue weighted by Gasteiger charge is 2.16. The van der Waals surface area contributed by atoms with Crippen molar-refractivity contribution < 1.29 is 4.79 Å². The molecule has 0 radical (unpaired) electrons. The summed E-state index contributed by atoms with van der Waals surface area (Å²) >= 11 is 0. The Morgan fingerprint density at radius 2 is 2.29 bits per heavy atom. The molecule has 0 atom stereocenters. The Morgan fingerprint density at radius 3 is 2.82 bits per heavy atom. The van der Waals surface area contributed by atoms with Crippen LogP contribution in [0.1, 0.15) is 28.5 Å². The van der Waals surface area contributed by atoms with Gasteiger partial charge in [-0.15, -0.1) is 0 Å². The van der Waals surface area contributed by atoms with Gasteiger partial charge in [-0.1, -0.05) is 6.92 Å². The van der Waals surface area contributed by atoms with Gasteiger partial charge in [0.15, 0.2) is 0 Å². The summed E-state index contributed by atoms with van der Waals surface area (Å²) in [5.41, 5.74) is 1.48. The fourth-order valence-corrected chi connectivity index (χ4v) is 1.76. The molecule has 2 aromatic heterocycles. The number of aromatic nitrogens is 3. The molecule has 0 unspecified atom stereocenters. The van der Waals surface area contributed by atoms with Crippen LogP contribution < -0.4 is 5.56 Å². The zero-order valence-corrected chi connectivity index (χ0v) is 9.73. The Bertz CT molecular complexity index is 596. The Morgan fingerprint density at radius 1 is 1.53 bits per heavy atom. The zero-order chi connectivity index (χ0) is 12.4. The third kappa shape index (κ3) is 1.91. The van der Waals surface area contributed by atoms with Crippen molar-refractivity contribution in [3.8, 4) is 0 Å². The van der Waals surface area contributed by atoms with Gasteiger partial charge in [0, 0.05) is 23.7 Å². The van der Waals surface area contributed by atoms with Crippen LogP contribution in [0.5, 0.6) is 0 Å². The lowest BCUT2D eigenvalue weighted by Gasteiger charge is -1.99. The molecule has 0 saturated heterocycles. The van der Waals surface area contributed by atoms with E-state index in [-0.39, 0.29) is 11.5 Å². The third-order valence-electron chi connectivity index (χ3n) is 2.66. The summed E-state index contributed by atoms with van der Waals surface area (Å²) in [5.74, 6) is -0.383. The molecule has 2 heterocycles. The van der Waals surface area contributed by atoms with Crippen LogP contribution in [0.25, 0.3) is 0 Å². The Kier molecular flexibility index (Phi) is 2.91. The van der Waals surface area contributed by atoms with Gasteiger partial charge in [-0.25, -0.2) is 0 Å². The van der Waals surface area contributed by atoms with Crippen molar-refractivity contribution in [1.29, 1.82) is 0 Å². The van der Waals surface area contributed by atoms with Gasteiger partial charge in [0.05, 0.1) is 5.56 Å². The molecule has 2 rings (SSSR count). The Balaban J connectivity index is 2.49. The van der Waals surface area contributed by atoms with E-state index in [0.717, 1.165) is 10.4 Å². The SMILES string of the molecule is CCc1c(C)[nH]n(C(=O)c2cccnc2)c1=O. The van der Waals surface area contributed by atoms with Crippen molar-refractivity contribution >= 4 is 5.91 Å². The zero-order valence-electron chi connectivity index (χ0n) is 9.73. The highest BCUT2D eigenvalue weighted by atomic mass is 16.2. The van der Waals surface area contributed by atoms with Crippen molar-refractivity contribution in [1.82, 2.24) is 14.8 Å². The molecule has 5 heteroatoms. The second kappa shape index (κ2) is 4.37. The maximum absolute atomic E-state index is 12.0. The number of carbonyl (C=O) groups is 1. The molecule has 0 aliphatic carbocycles. The number of aromatic amines is 1. The van der Waals surface area contributed by atoms with Gasteiger partial charge < -0.3 is 0 Å². The predicted molar refractivity (Wildman–Crippen MR) is 63.1 cm³/mol. The van der Waals surface area contributed by atoms with Gasteiger partial charge in [-0.05, 0) is 25.5 Å². The summed E-state index contributed by atoms with van der Waals surface area (Å²) in [6.45, 7) is 3.67. The second-order valence-corrected chi connectivity index (χ2v) is 3.76. The molecule has 0 amide bonds. The minimum atomic E-state index is -0.383. The number of H-pyrrole nitrogens is 1. The molecule has 1 N–H and O–H groups in total. The first kappa shape index (κ1) is 11.3. The van der Waals surface area contributed by atoms with Crippen LogP contribution in [0, 0.1) is 6.92 Å². The molecule has 0 saturated carbocycles. The van der Waals surface area contributed by atoms with E-state index >= 15 is 0 Å². The van der Waals surface area contributed by atoms with Crippen molar-refractivity contribution in [3.63, 3.8) is 0 Å². The molecule has 88 valence electrons. The van der Waals surface area contributed by atoms with Crippen LogP contribution >= 0.6 is 0 Å². The van der Waals surface area contributed by atoms with E-state index in [9.17, 15) is 9.59 Å². The topological polar surface area (TPSA) is 67.8 Å². The minimum absolute atomic E-state index is 0.279. The summed E-state index contributed by atoms with van der Waals surface area (Å²) in [5, 5.41) is 2.79. The lowest BCUT2D eigenvalue weighted by Crippen LogP contribution is -2.26. The van der Waals surface area contributed by atoms with Crippen LogP contribution in [0.2, 0.25) is 0 Å². The molecule has 0 aliphatic heterocycles. The second-order valence-electron chi connectivity index (χ2n) is 3.76. The molecule has 0 aromatic carbocycles. The fraction of sp³-hybridized carbons (Fsp3) is 0.250. The highest BCUT2D eigenvalue weighted by molar-refractivity contribution is 5.95. The summed E-state index contributed by atoms with van der Waals surface area (Å²) in [7, 11) is 0. The van der Waals surface area contributed by atoms with Crippen molar-refractivity contribution in [2.75, 3.05) is 0 Å². The molecule has 0 spiro atoms. The largest absolute Gasteiger partial charge is 0.292 e. The number of carbonyl (C=O) groups excluding carboxylic acids is 1. The number of hydrogen-bond donors (Lipinski definition) is 1. The van der Waals surface area contributed by atoms with Crippen molar-refractivity contribution in [2.45, 2.75) is 20.3 Å². The third-order valence-corrected chi connectivity index (χ3v) is 2.66. The quantitative estimate of drug-likeness (QED) is 0.842. The van der Waals surface area contributed by atoms with Crippen LogP contribution in [0.4, 0.5) is 0 Å². The monoisotopic (exact) mass is 231 g/mol. The maximum atomic E-state index is 12.0. The van der Waals surface area contributed by atoms with Gasteiger partial charge in [0.2, 0.25) is 0 Å². The predicted octanol–water partition coefficient (Wildman–Crippen LogP) is 1.13. The van der Waals surface area contributed by atoms with E-state index in [1.54, 1.807) is 25.3 Å². The van der Waals surface area contributed by atoms with Crippen LogP contribution in [0.15, 0.2) is 29.3 Å². The number of aryl methyl sites for hydroxylation is 1. The maximum Gasteiger partial charge on any atom is 0.281 e. The first-order valence-electron chi connectivity index (χ1n) is 5.40. The van der Waals surface area contributed by atoms with E-state index in [0.29, 0.717) is 17.5 Å². The first-order chi connectivity index (χ1) is 8.15. The fourth-order valence-electron chi connectivity index (χ4n) is 1.76. The molecular formula is C12H13N3O2. The lowest BCUT2D eigenvalue weighted by atomic mass is 10.2. The first-order valence-corrected chi connectivity index (χ1v) is 5.40. The van der Waals surface area contributed by atoms with E-state index < -0.39 is 0 Å². The summed E-state index contributed by atoms with van der Waals surface area (Å²) in [4.78, 5) is 27.8. The van der Waals surface area contributed by atoms with E-state index in [4.69, 9.17) is 0 Å². The summed E-state index contributed by atoms with van der Waals surface area (Å²) < 4.78 is 1.03. The van der Waals surface area contributed by atoms with Crippen molar-refractivity contribution in [3.05, 3.63) is 51.7 Å². The number of nitrogens with one attached hydrogen (secondary N) is 1. The number of rotatable bonds is 2. The molecular weight excluding hydrogens is 218 g/mol. The van der Waals surface area contributed by atoms with Gasteiger partial charge in [0.25, 0.3) is 11.5 Å². The smallest absolute Gasteiger partial charge is 0.281 e. The standard InChI is InChI=1S/C12H13N3O2/c1-3-10-8(2)14-15(12(10)17)11(16)9-5-4-6-13-7-9/h4-7,14H,3H2,1-2H3. The normalized spacial score (nSPS) is 10.5. The van der Waals surface area contributed by atoms with Gasteiger partial charge >= 0.3 is 0 Å². The minimum Gasteiger partial charge on any atom is -0.292 e. The Hall–Kier alpha value is -2.17. The molecule has 0 aliphatic rings. The van der Waals surface area contributed by atoms with Gasteiger partial charge in [-0.3, -0.25) is 19.7 Å². The molecule has 5 nitrogen and oxygen atoms in total. The number of hydrogen-bond acceptors (Lipinski definition) is 3. The number of nitrogens with zero attached hydrogens (tertiary/aromatic N) is 2. The average Bonchev–Trinajstić information content (AvgIpc) is 2.64. The van der Waals surface area contributed by atoms with Crippen molar-refractivity contribution in [2.24, 2.45) is 0 Å². The molecule has 0 fully saturated rings. The van der Waals surface area contributed by atoms with E-state index in [2.05, 4.69) is 10.1 Å². The average molecular weight is 231 g/mol. The van der Waals surface area contributed by atoms with E-state index in [1.165, 1.54) is 6.20 Å². The van der Waals surface area contributed by atoms with Gasteiger partial charge in [0.1, 0.15) is 0 Å². The van der Waals surface area contributed by atoms with E-state index in [1.807, 2.05) is 6.92 Å². The molecule has 2 aromatic rings. The van der Waals surface area contributed by atoms with Crippen LogP contribution in [0.3, 0.4) is 0 Å². The summed E-state index contributed by atoms with van der Waals surface area (Å²) in [6.07, 6.45) is 3.63. The lowest BCUT2D eigenvalue weighted by molar-refractivity contribution is 0.0940. The Labute approximate surface area is 98.1 Å². The van der Waals surface area contributed by atoms with Gasteiger partial charge in [-0.2, -0.15) is 4.68 Å². The summed E-state index contributed by atoms with van der Waals surface area (Å²) in [6, 6.07) is 3.29. The van der Waals surface area contributed by atoms with Crippen LogP contribution in [-0.4, -0.2) is 20.7 Å². The van der Waals surface area contributed by atoms with Crippen LogP contribution in [-0.2, 0) is 6.42 Å².